The Labute approximate surface area is 150 Å². The van der Waals surface area contributed by atoms with E-state index < -0.39 is 9.84 Å². The zero-order valence-corrected chi connectivity index (χ0v) is 16.0. The molecule has 1 N–H and O–H groups in total. The zero-order valence-electron chi connectivity index (χ0n) is 12.8. The summed E-state index contributed by atoms with van der Waals surface area (Å²) in [7, 11) is -3.28. The second-order valence-electron chi connectivity index (χ2n) is 5.06. The number of fused-ring (bicyclic) bond motifs is 1. The highest BCUT2D eigenvalue weighted by Gasteiger charge is 2.17. The SMILES string of the molecule is CCn1cc(Br)c(C(=O)Nc2nc3ccc(S(C)(=O)=O)cc3s2)n1. The highest BCUT2D eigenvalue weighted by Crippen LogP contribution is 2.28. The number of carbonyl (C=O) groups is 1. The van der Waals surface area contributed by atoms with Crippen LogP contribution in [0.15, 0.2) is 33.8 Å². The topological polar surface area (TPSA) is 94.0 Å². The number of aromatic nitrogens is 3. The maximum Gasteiger partial charge on any atom is 0.279 e. The van der Waals surface area contributed by atoms with E-state index >= 15 is 0 Å². The fourth-order valence-corrected chi connectivity index (χ4v) is 4.18. The Morgan fingerprint density at radius 2 is 2.17 bits per heavy atom. The normalized spacial score (nSPS) is 11.8. The number of nitrogens with one attached hydrogen (secondary N) is 1. The van der Waals surface area contributed by atoms with Crippen LogP contribution >= 0.6 is 27.3 Å². The van der Waals surface area contributed by atoms with Gasteiger partial charge in [-0.05, 0) is 41.1 Å². The third kappa shape index (κ3) is 3.35. The van der Waals surface area contributed by atoms with E-state index in [0.717, 1.165) is 6.26 Å². The van der Waals surface area contributed by atoms with Crippen LogP contribution in [0.4, 0.5) is 5.13 Å². The van der Waals surface area contributed by atoms with Crippen molar-refractivity contribution in [3.8, 4) is 0 Å². The predicted octanol–water partition coefficient (Wildman–Crippen LogP) is 2.93. The van der Waals surface area contributed by atoms with Crippen molar-refractivity contribution < 1.29 is 13.2 Å². The smallest absolute Gasteiger partial charge is 0.279 e. The number of anilines is 1. The second kappa shape index (κ2) is 6.26. The fourth-order valence-electron chi connectivity index (χ4n) is 2.06. The molecule has 10 heteroatoms. The van der Waals surface area contributed by atoms with Crippen molar-refractivity contribution in [1.82, 2.24) is 14.8 Å². The Hall–Kier alpha value is -1.78. The lowest BCUT2D eigenvalue weighted by Gasteiger charge is -1.98. The van der Waals surface area contributed by atoms with Gasteiger partial charge in [-0.3, -0.25) is 14.8 Å². The second-order valence-corrected chi connectivity index (χ2v) is 8.96. The average Bonchev–Trinajstić information content (AvgIpc) is 3.07. The summed E-state index contributed by atoms with van der Waals surface area (Å²) < 4.78 is 26.2. The summed E-state index contributed by atoms with van der Waals surface area (Å²) >= 11 is 4.52. The van der Waals surface area contributed by atoms with E-state index in [1.807, 2.05) is 6.92 Å². The lowest BCUT2D eigenvalue weighted by molar-refractivity contribution is 0.102. The molecular formula is C14H13BrN4O3S2. The molecule has 0 unspecified atom stereocenters. The molecule has 0 atom stereocenters. The maximum atomic E-state index is 12.3. The lowest BCUT2D eigenvalue weighted by atomic mass is 10.3. The molecule has 1 aromatic carbocycles. The van der Waals surface area contributed by atoms with Gasteiger partial charge in [0.1, 0.15) is 0 Å². The van der Waals surface area contributed by atoms with Gasteiger partial charge in [-0.15, -0.1) is 0 Å². The molecule has 0 saturated carbocycles. The van der Waals surface area contributed by atoms with Crippen LogP contribution in [0.5, 0.6) is 0 Å². The molecule has 3 aromatic rings. The fraction of sp³-hybridized carbons (Fsp3) is 0.214. The Bertz CT molecular complexity index is 1040. The van der Waals surface area contributed by atoms with E-state index in [1.54, 1.807) is 23.0 Å². The number of thiazole rings is 1. The van der Waals surface area contributed by atoms with Crippen LogP contribution in [0.1, 0.15) is 17.4 Å². The summed E-state index contributed by atoms with van der Waals surface area (Å²) in [5, 5.41) is 7.26. The number of sulfone groups is 1. The minimum atomic E-state index is -3.28. The molecule has 2 aromatic heterocycles. The third-order valence-corrected chi connectivity index (χ3v) is 5.89. The number of amides is 1. The first-order valence-electron chi connectivity index (χ1n) is 6.93. The summed E-state index contributed by atoms with van der Waals surface area (Å²) in [5.41, 5.74) is 0.897. The quantitative estimate of drug-likeness (QED) is 0.688. The molecule has 0 aliphatic carbocycles. The van der Waals surface area contributed by atoms with Crippen LogP contribution < -0.4 is 5.32 Å². The largest absolute Gasteiger partial charge is 0.296 e. The van der Waals surface area contributed by atoms with Crippen LogP contribution in [0.2, 0.25) is 0 Å². The number of rotatable bonds is 4. The first-order chi connectivity index (χ1) is 11.3. The first kappa shape index (κ1) is 17.1. The van der Waals surface area contributed by atoms with Gasteiger partial charge in [0.2, 0.25) is 0 Å². The van der Waals surface area contributed by atoms with Crippen molar-refractivity contribution >= 4 is 58.4 Å². The minimum absolute atomic E-state index is 0.223. The summed E-state index contributed by atoms with van der Waals surface area (Å²) in [6.45, 7) is 2.58. The Balaban J connectivity index is 1.90. The Morgan fingerprint density at radius 3 is 2.79 bits per heavy atom. The predicted molar refractivity (Wildman–Crippen MR) is 96.3 cm³/mol. The summed E-state index contributed by atoms with van der Waals surface area (Å²) in [6, 6.07) is 4.68. The van der Waals surface area contributed by atoms with Gasteiger partial charge in [-0.1, -0.05) is 11.3 Å². The number of nitrogens with zero attached hydrogens (tertiary/aromatic N) is 3. The van der Waals surface area contributed by atoms with Gasteiger partial charge in [-0.25, -0.2) is 13.4 Å². The lowest BCUT2D eigenvalue weighted by Crippen LogP contribution is -2.13. The van der Waals surface area contributed by atoms with Crippen LogP contribution in [0, 0.1) is 0 Å². The van der Waals surface area contributed by atoms with E-state index in [-0.39, 0.29) is 16.5 Å². The highest BCUT2D eigenvalue weighted by molar-refractivity contribution is 9.10. The minimum Gasteiger partial charge on any atom is -0.296 e. The van der Waals surface area contributed by atoms with Gasteiger partial charge >= 0.3 is 0 Å². The number of halogens is 1. The molecule has 24 heavy (non-hydrogen) atoms. The molecule has 1 amide bonds. The van der Waals surface area contributed by atoms with Crippen molar-refractivity contribution in [2.45, 2.75) is 18.4 Å². The molecule has 0 radical (unpaired) electrons. The van der Waals surface area contributed by atoms with Gasteiger partial charge < -0.3 is 0 Å². The molecule has 0 aliphatic heterocycles. The summed E-state index contributed by atoms with van der Waals surface area (Å²) in [5.74, 6) is -0.378. The van der Waals surface area contributed by atoms with Gasteiger partial charge in [0.05, 0.1) is 19.6 Å². The van der Waals surface area contributed by atoms with Gasteiger partial charge in [0.25, 0.3) is 5.91 Å². The molecule has 0 saturated heterocycles. The van der Waals surface area contributed by atoms with E-state index in [9.17, 15) is 13.2 Å². The molecular weight excluding hydrogens is 416 g/mol. The van der Waals surface area contributed by atoms with Crippen molar-refractivity contribution in [2.24, 2.45) is 0 Å². The standard InChI is InChI=1S/C14H13BrN4O3S2/c1-3-19-7-9(15)12(18-19)13(20)17-14-16-10-5-4-8(24(2,21)22)6-11(10)23-14/h4-7H,3H2,1-2H3,(H,16,17,20). The van der Waals surface area contributed by atoms with E-state index in [4.69, 9.17) is 0 Å². The van der Waals surface area contributed by atoms with Crippen molar-refractivity contribution in [1.29, 1.82) is 0 Å². The van der Waals surface area contributed by atoms with E-state index in [1.165, 1.54) is 17.4 Å². The Morgan fingerprint density at radius 1 is 1.42 bits per heavy atom. The number of hydrogen-bond acceptors (Lipinski definition) is 6. The summed E-state index contributed by atoms with van der Waals surface area (Å²) in [4.78, 5) is 16.8. The van der Waals surface area contributed by atoms with Gasteiger partial charge in [0.15, 0.2) is 20.7 Å². The molecule has 126 valence electrons. The van der Waals surface area contributed by atoms with Gasteiger partial charge in [-0.2, -0.15) is 5.10 Å². The third-order valence-electron chi connectivity index (χ3n) is 3.26. The van der Waals surface area contributed by atoms with Crippen LogP contribution in [-0.4, -0.2) is 35.3 Å². The van der Waals surface area contributed by atoms with Crippen molar-refractivity contribution in [3.05, 3.63) is 34.6 Å². The monoisotopic (exact) mass is 428 g/mol. The van der Waals surface area contributed by atoms with Crippen LogP contribution in [0.3, 0.4) is 0 Å². The number of benzene rings is 1. The zero-order chi connectivity index (χ0) is 17.5. The van der Waals surface area contributed by atoms with Crippen LogP contribution in [0.25, 0.3) is 10.2 Å². The summed E-state index contributed by atoms with van der Waals surface area (Å²) in [6.07, 6.45) is 2.88. The van der Waals surface area contributed by atoms with Crippen molar-refractivity contribution in [2.75, 3.05) is 11.6 Å². The van der Waals surface area contributed by atoms with Crippen LogP contribution in [-0.2, 0) is 16.4 Å². The molecule has 0 spiro atoms. The molecule has 7 nitrogen and oxygen atoms in total. The van der Waals surface area contributed by atoms with E-state index in [0.29, 0.717) is 26.4 Å². The molecule has 0 aliphatic rings. The molecule has 0 fully saturated rings. The van der Waals surface area contributed by atoms with Crippen molar-refractivity contribution in [3.63, 3.8) is 0 Å². The molecule has 2 heterocycles. The van der Waals surface area contributed by atoms with Gasteiger partial charge in [0, 0.05) is 19.0 Å². The maximum absolute atomic E-state index is 12.3. The van der Waals surface area contributed by atoms with E-state index in [2.05, 4.69) is 31.3 Å². The highest BCUT2D eigenvalue weighted by atomic mass is 79.9. The first-order valence-corrected chi connectivity index (χ1v) is 10.4. The molecule has 0 bridgehead atoms. The number of carbonyl (C=O) groups excluding carboxylic acids is 1. The number of hydrogen-bond donors (Lipinski definition) is 1. The number of aryl methyl sites for hydroxylation is 1. The Kier molecular flexibility index (Phi) is 4.45. The molecule has 3 rings (SSSR count). The average molecular weight is 429 g/mol.